The van der Waals surface area contributed by atoms with Crippen LogP contribution in [0.4, 0.5) is 0 Å². The van der Waals surface area contributed by atoms with Crippen molar-refractivity contribution >= 4 is 101 Å². The van der Waals surface area contributed by atoms with Crippen LogP contribution in [0.1, 0.15) is 158 Å². The van der Waals surface area contributed by atoms with Crippen molar-refractivity contribution in [3.63, 3.8) is 0 Å². The van der Waals surface area contributed by atoms with Crippen LogP contribution in [0.15, 0.2) is 40.3 Å². The average Bonchev–Trinajstić information content (AvgIpc) is 0.860. The minimum atomic E-state index is -1.76. The summed E-state index contributed by atoms with van der Waals surface area (Å²) in [5.74, 6) is -14.7. The Morgan fingerprint density at radius 1 is 0.387 bits per heavy atom. The predicted octanol–water partition coefficient (Wildman–Crippen LogP) is -7.65. The Morgan fingerprint density at radius 2 is 0.721 bits per heavy atom. The SMILES string of the molecule is CC[C@H](C)[C@H](N)C(=O)N[C@@H](Cc1ccccc1)C(=O)N[C@@H](CCCN=C(N)N)C(=O)N[C@@H](C)C(=O)N[C@@H](C)C(=O)NCC(=O)N[C@@H](C)C(=O)NCC(=O)N[C@@H](C)C(=O)N[C@@H](CCCN=C(N)N)C(=O)N[C@@H](CCCCN)C(=O)N[C@H](C(=O)N[C@H](C(=O)N[C@@H](CCCCN)C(=O)N[C@@H](CCCCN)C(=O)O)C(C)C)[C@@H](C)O. The lowest BCUT2D eigenvalue weighted by atomic mass is 9.98. The van der Waals surface area contributed by atoms with Gasteiger partial charge < -0.3 is 131 Å². The van der Waals surface area contributed by atoms with E-state index in [2.05, 4.69) is 84.4 Å². The normalized spacial score (nSPS) is 15.1. The molecule has 0 aliphatic rings. The van der Waals surface area contributed by atoms with Crippen LogP contribution in [0.25, 0.3) is 0 Å². The Labute approximate surface area is 647 Å². The van der Waals surface area contributed by atoms with Gasteiger partial charge in [-0.2, -0.15) is 0 Å². The maximum atomic E-state index is 14.2. The van der Waals surface area contributed by atoms with Crippen molar-refractivity contribution in [3.8, 4) is 0 Å². The van der Waals surface area contributed by atoms with E-state index in [-0.39, 0.29) is 102 Å². The Kier molecular flexibility index (Phi) is 47.5. The number of hydrogen-bond acceptors (Lipinski definition) is 22. The lowest BCUT2D eigenvalue weighted by Gasteiger charge is -2.29. The van der Waals surface area contributed by atoms with E-state index >= 15 is 0 Å². The van der Waals surface area contributed by atoms with Gasteiger partial charge >= 0.3 is 5.97 Å². The maximum Gasteiger partial charge on any atom is 0.326 e. The third-order valence-electron chi connectivity index (χ3n) is 17.6. The molecule has 0 spiro atoms. The molecule has 14 amide bonds. The van der Waals surface area contributed by atoms with Crippen molar-refractivity contribution in [2.45, 2.75) is 243 Å². The van der Waals surface area contributed by atoms with Crippen LogP contribution < -0.4 is 120 Å². The molecule has 41 heteroatoms. The Morgan fingerprint density at radius 3 is 1.14 bits per heavy atom. The summed E-state index contributed by atoms with van der Waals surface area (Å²) in [6, 6.07) is -8.48. The third kappa shape index (κ3) is 39.7. The summed E-state index contributed by atoms with van der Waals surface area (Å²) >= 11 is 0. The number of carboxylic acid groups (broad SMARTS) is 1. The Bertz CT molecular complexity index is 3250. The monoisotopic (exact) mass is 1570 g/mol. The molecule has 41 nitrogen and oxygen atoms in total. The molecule has 0 aliphatic heterocycles. The fourth-order valence-electron chi connectivity index (χ4n) is 10.6. The van der Waals surface area contributed by atoms with Gasteiger partial charge in [-0.25, -0.2) is 4.79 Å². The second-order valence-electron chi connectivity index (χ2n) is 27.5. The van der Waals surface area contributed by atoms with Crippen molar-refractivity contribution in [3.05, 3.63) is 35.9 Å². The van der Waals surface area contributed by atoms with Crippen molar-refractivity contribution in [1.29, 1.82) is 0 Å². The van der Waals surface area contributed by atoms with Crippen molar-refractivity contribution in [2.75, 3.05) is 45.8 Å². The van der Waals surface area contributed by atoms with Crippen LogP contribution in [0.3, 0.4) is 0 Å². The van der Waals surface area contributed by atoms with E-state index in [4.69, 9.17) is 45.9 Å². The van der Waals surface area contributed by atoms with Crippen LogP contribution in [0.5, 0.6) is 0 Å². The van der Waals surface area contributed by atoms with E-state index in [1.54, 1.807) is 51.1 Å². The van der Waals surface area contributed by atoms with Crippen LogP contribution >= 0.6 is 0 Å². The van der Waals surface area contributed by atoms with Crippen molar-refractivity contribution in [1.82, 2.24) is 74.4 Å². The van der Waals surface area contributed by atoms with Gasteiger partial charge in [-0.3, -0.25) is 77.1 Å². The number of carboxylic acids is 1. The minimum absolute atomic E-state index is 0.0216. The predicted molar refractivity (Wildman–Crippen MR) is 412 cm³/mol. The van der Waals surface area contributed by atoms with Crippen LogP contribution in [0.2, 0.25) is 0 Å². The number of aliphatic hydroxyl groups excluding tert-OH is 1. The quantitative estimate of drug-likeness (QED) is 0.0164. The topological polar surface area (TPSA) is 698 Å². The van der Waals surface area contributed by atoms with Gasteiger partial charge in [0, 0.05) is 19.5 Å². The number of nitrogens with two attached hydrogens (primary N) is 8. The number of rotatable bonds is 55. The number of guanidine groups is 2. The highest BCUT2D eigenvalue weighted by molar-refractivity contribution is 6.00. The molecule has 1 rings (SSSR count). The number of hydrogen-bond donors (Lipinski definition) is 24. The van der Waals surface area contributed by atoms with Gasteiger partial charge in [-0.05, 0) is 155 Å². The van der Waals surface area contributed by atoms with E-state index in [0.717, 1.165) is 0 Å². The number of nitrogens with one attached hydrogen (secondary N) is 14. The number of amides is 14. The molecule has 0 saturated heterocycles. The first-order valence-electron chi connectivity index (χ1n) is 37.4. The summed E-state index contributed by atoms with van der Waals surface area (Å²) in [4.78, 5) is 210. The average molecular weight is 1570 g/mol. The molecule has 32 N–H and O–H groups in total. The number of unbranched alkanes of at least 4 members (excludes halogenated alkanes) is 3. The van der Waals surface area contributed by atoms with E-state index in [9.17, 15) is 82.1 Å². The zero-order chi connectivity index (χ0) is 84.0. The summed E-state index contributed by atoms with van der Waals surface area (Å²) in [5.41, 5.74) is 45.8. The highest BCUT2D eigenvalue weighted by Crippen LogP contribution is 2.14. The molecule has 0 saturated carbocycles. The number of nitrogens with zero attached hydrogens (tertiary/aromatic N) is 2. The van der Waals surface area contributed by atoms with Gasteiger partial charge in [0.25, 0.3) is 0 Å². The first-order chi connectivity index (χ1) is 52.3. The van der Waals surface area contributed by atoms with E-state index in [1.165, 1.54) is 34.6 Å². The number of carbonyl (C=O) groups excluding carboxylic acids is 14. The number of benzene rings is 1. The summed E-state index contributed by atoms with van der Waals surface area (Å²) in [5, 5.41) is 55.6. The summed E-state index contributed by atoms with van der Waals surface area (Å²) in [6.07, 6.45) is 1.48. The molecule has 626 valence electrons. The van der Waals surface area contributed by atoms with Gasteiger partial charge in [-0.15, -0.1) is 0 Å². The third-order valence-corrected chi connectivity index (χ3v) is 17.6. The van der Waals surface area contributed by atoms with Crippen LogP contribution in [-0.2, 0) is 78.3 Å². The Hall–Kier alpha value is -10.4. The highest BCUT2D eigenvalue weighted by Gasteiger charge is 2.38. The summed E-state index contributed by atoms with van der Waals surface area (Å²) in [6.45, 7) is 12.5. The first-order valence-corrected chi connectivity index (χ1v) is 37.4. The minimum Gasteiger partial charge on any atom is -0.480 e. The maximum absolute atomic E-state index is 14.2. The molecule has 0 unspecified atom stereocenters. The summed E-state index contributed by atoms with van der Waals surface area (Å²) in [7, 11) is 0. The largest absolute Gasteiger partial charge is 0.480 e. The van der Waals surface area contributed by atoms with Gasteiger partial charge in [0.1, 0.15) is 72.5 Å². The molecule has 111 heavy (non-hydrogen) atoms. The van der Waals surface area contributed by atoms with E-state index < -0.39 is 192 Å². The molecule has 1 aromatic carbocycles. The van der Waals surface area contributed by atoms with Crippen LogP contribution in [0, 0.1) is 11.8 Å². The number of carbonyl (C=O) groups is 15. The molecule has 0 aliphatic carbocycles. The van der Waals surface area contributed by atoms with Gasteiger partial charge in [0.05, 0.1) is 25.2 Å². The number of aliphatic hydroxyl groups is 1. The van der Waals surface area contributed by atoms with E-state index in [1.807, 2.05) is 6.92 Å². The van der Waals surface area contributed by atoms with Crippen molar-refractivity contribution < 1.29 is 82.1 Å². The number of aliphatic imine (C=N–C) groups is 2. The lowest BCUT2D eigenvalue weighted by Crippen LogP contribution is -2.62. The summed E-state index contributed by atoms with van der Waals surface area (Å²) < 4.78 is 0. The van der Waals surface area contributed by atoms with Crippen LogP contribution in [-0.4, -0.2) is 241 Å². The molecule has 0 fully saturated rings. The number of aliphatic carboxylic acids is 1. The Balaban J connectivity index is 3.11. The molecule has 0 aromatic heterocycles. The van der Waals surface area contributed by atoms with Crippen molar-refractivity contribution in [2.24, 2.45) is 67.7 Å². The molecular weight excluding hydrogens is 1450 g/mol. The second-order valence-corrected chi connectivity index (χ2v) is 27.5. The zero-order valence-corrected chi connectivity index (χ0v) is 65.2. The zero-order valence-electron chi connectivity index (χ0n) is 65.2. The second kappa shape index (κ2) is 53.5. The van der Waals surface area contributed by atoms with Gasteiger partial charge in [0.2, 0.25) is 82.7 Å². The first kappa shape index (κ1) is 98.6. The highest BCUT2D eigenvalue weighted by atomic mass is 16.4. The smallest absolute Gasteiger partial charge is 0.326 e. The fourth-order valence-corrected chi connectivity index (χ4v) is 10.6. The van der Waals surface area contributed by atoms with E-state index in [0.29, 0.717) is 50.6 Å². The lowest BCUT2D eigenvalue weighted by molar-refractivity contribution is -0.142. The van der Waals surface area contributed by atoms with Gasteiger partial charge in [0.15, 0.2) is 11.9 Å². The molecule has 0 bridgehead atoms. The molecular formula is C70H124N24O17. The fraction of sp³-hybridized carbons (Fsp3) is 0.671. The molecule has 15 atom stereocenters. The molecule has 1 aromatic rings. The van der Waals surface area contributed by atoms with Gasteiger partial charge in [-0.1, -0.05) is 64.4 Å². The molecule has 0 heterocycles. The molecule has 0 radical (unpaired) electrons. The standard InChI is InChI=1S/C70H124N24O17/c1-10-38(4)53(74)65(107)92-50(34-44-22-12-11-13-23-44)64(106)89-47(27-20-32-79-69(75)76)60(102)86-42(8)58(100)85-40(6)57(99)82-35-51(96)83-39(5)56(98)81-36-52(97)84-41(7)59(101)87-48(28-21-33-80-70(77)78)61(103)88-46(25-15-18-30-72)63(105)94-55(43(9)95)67(109)93-54(37(2)3)66(108)90-45(24-14-17-29-71)62(104)91-49(68(110)111)26-16-19-31-73/h11-13,22-23,37-43,45-50,53-55,95H,10,14-21,24-36,71-74H2,1-9H3,(H,81,98)(H,82,99)(H,83,96)(H,84,97)(H,85,100)(H,86,102)(H,87,101)(H,88,103)(H,89,106)(H,90,108)(H,91,104)(H,92,107)(H,93,109)(H,94,105)(H,110,111)(H4,75,76,79)(H4,77,78,80)/t38-,39-,40-,41-,42-,43+,45-,46-,47-,48-,49-,50-,53-,54-,55-/m0/s1.